The molecule has 0 spiro atoms. The molecule has 0 aliphatic carbocycles. The van der Waals surface area contributed by atoms with Gasteiger partial charge in [0.1, 0.15) is 6.33 Å². The molecule has 0 aliphatic heterocycles. The Hall–Kier alpha value is -1.23. The van der Waals surface area contributed by atoms with Gasteiger partial charge in [-0.05, 0) is 11.5 Å². The van der Waals surface area contributed by atoms with Crippen LogP contribution in [0.4, 0.5) is 0 Å². The quantitative estimate of drug-likeness (QED) is 0.633. The van der Waals surface area contributed by atoms with Crippen molar-refractivity contribution >= 4 is 11.5 Å². The summed E-state index contributed by atoms with van der Waals surface area (Å²) in [5.74, 6) is 0.860. The maximum Gasteiger partial charge on any atom is 0.165 e. The first-order valence-electron chi connectivity index (χ1n) is 3.11. The molecule has 2 rings (SSSR count). The summed E-state index contributed by atoms with van der Waals surface area (Å²) < 4.78 is 5.84. The van der Waals surface area contributed by atoms with Gasteiger partial charge >= 0.3 is 0 Å². The van der Waals surface area contributed by atoms with Gasteiger partial charge in [0.2, 0.25) is 0 Å². The van der Waals surface area contributed by atoms with Gasteiger partial charge in [0.25, 0.3) is 0 Å². The Morgan fingerprint density at radius 2 is 2.45 bits per heavy atom. The number of aryl methyl sites for hydroxylation is 1. The highest BCUT2D eigenvalue weighted by molar-refractivity contribution is 7.03. The lowest BCUT2D eigenvalue weighted by Gasteiger charge is -1.92. The van der Waals surface area contributed by atoms with Gasteiger partial charge in [-0.25, -0.2) is 4.37 Å². The lowest BCUT2D eigenvalue weighted by atomic mass is 10.3. The standard InChI is InChI=1S/C6H6N4S/c1-10-4-7-9-6(10)5-2-8-11-3-5/h2-4H,1H3. The Labute approximate surface area is 67.7 Å². The van der Waals surface area contributed by atoms with Gasteiger partial charge in [0, 0.05) is 12.4 Å². The van der Waals surface area contributed by atoms with E-state index >= 15 is 0 Å². The van der Waals surface area contributed by atoms with Crippen molar-refractivity contribution in [3.05, 3.63) is 17.9 Å². The van der Waals surface area contributed by atoms with Crippen molar-refractivity contribution < 1.29 is 0 Å². The third-order valence-corrected chi connectivity index (χ3v) is 1.99. The maximum absolute atomic E-state index is 3.98. The molecule has 0 atom stereocenters. The molecule has 0 saturated heterocycles. The van der Waals surface area contributed by atoms with Crippen LogP contribution in [0.2, 0.25) is 0 Å². The second-order valence-corrected chi connectivity index (χ2v) is 2.84. The predicted molar refractivity (Wildman–Crippen MR) is 42.1 cm³/mol. The maximum atomic E-state index is 3.98. The Morgan fingerprint density at radius 3 is 3.00 bits per heavy atom. The van der Waals surface area contributed by atoms with E-state index in [1.807, 2.05) is 17.0 Å². The fraction of sp³-hybridized carbons (Fsp3) is 0.167. The molecule has 5 heteroatoms. The van der Waals surface area contributed by atoms with Crippen molar-refractivity contribution in [3.63, 3.8) is 0 Å². The summed E-state index contributed by atoms with van der Waals surface area (Å²) in [6, 6.07) is 0. The van der Waals surface area contributed by atoms with Gasteiger partial charge < -0.3 is 4.57 Å². The molecular weight excluding hydrogens is 160 g/mol. The number of rotatable bonds is 1. The lowest BCUT2D eigenvalue weighted by Crippen LogP contribution is -1.88. The Kier molecular flexibility index (Phi) is 1.43. The van der Waals surface area contributed by atoms with Gasteiger partial charge in [-0.15, -0.1) is 10.2 Å². The van der Waals surface area contributed by atoms with Crippen LogP contribution < -0.4 is 0 Å². The molecule has 0 saturated carbocycles. The first kappa shape index (κ1) is 6.48. The molecule has 0 unspecified atom stereocenters. The number of hydrogen-bond acceptors (Lipinski definition) is 4. The summed E-state index contributed by atoms with van der Waals surface area (Å²) in [7, 11) is 1.91. The molecule has 2 aromatic heterocycles. The van der Waals surface area contributed by atoms with Crippen LogP contribution >= 0.6 is 11.5 Å². The highest BCUT2D eigenvalue weighted by Crippen LogP contribution is 2.15. The van der Waals surface area contributed by atoms with E-state index in [0.29, 0.717) is 0 Å². The normalized spacial score (nSPS) is 10.3. The van der Waals surface area contributed by atoms with Crippen LogP contribution in [0.25, 0.3) is 11.4 Å². The summed E-state index contributed by atoms with van der Waals surface area (Å²) in [5.41, 5.74) is 1.02. The van der Waals surface area contributed by atoms with E-state index in [1.54, 1.807) is 12.5 Å². The van der Waals surface area contributed by atoms with E-state index in [-0.39, 0.29) is 0 Å². The Bertz CT molecular complexity index is 337. The zero-order valence-corrected chi connectivity index (χ0v) is 6.75. The van der Waals surface area contributed by atoms with Gasteiger partial charge in [-0.3, -0.25) is 0 Å². The first-order valence-corrected chi connectivity index (χ1v) is 3.95. The fourth-order valence-corrected chi connectivity index (χ4v) is 1.37. The van der Waals surface area contributed by atoms with Gasteiger partial charge in [-0.2, -0.15) is 0 Å². The molecule has 11 heavy (non-hydrogen) atoms. The summed E-state index contributed by atoms with van der Waals surface area (Å²) in [6.07, 6.45) is 3.46. The third-order valence-electron chi connectivity index (χ3n) is 1.40. The van der Waals surface area contributed by atoms with Crippen LogP contribution in [0.1, 0.15) is 0 Å². The van der Waals surface area contributed by atoms with Gasteiger partial charge in [-0.1, -0.05) is 0 Å². The minimum Gasteiger partial charge on any atom is -0.317 e. The molecule has 0 bridgehead atoms. The third kappa shape index (κ3) is 1.03. The fourth-order valence-electron chi connectivity index (χ4n) is 0.860. The van der Waals surface area contributed by atoms with Crippen molar-refractivity contribution in [3.8, 4) is 11.4 Å². The molecule has 0 fully saturated rings. The molecule has 0 amide bonds. The number of nitrogens with zero attached hydrogens (tertiary/aromatic N) is 4. The van der Waals surface area contributed by atoms with Gasteiger partial charge in [0.05, 0.1) is 11.8 Å². The zero-order valence-electron chi connectivity index (χ0n) is 5.93. The number of hydrogen-bond donors (Lipinski definition) is 0. The molecule has 0 radical (unpaired) electrons. The van der Waals surface area contributed by atoms with E-state index in [1.165, 1.54) is 11.5 Å². The first-order chi connectivity index (χ1) is 5.38. The Morgan fingerprint density at radius 1 is 1.55 bits per heavy atom. The van der Waals surface area contributed by atoms with Crippen molar-refractivity contribution in [1.82, 2.24) is 19.1 Å². The summed E-state index contributed by atoms with van der Waals surface area (Å²) in [6.45, 7) is 0. The minimum atomic E-state index is 0.860. The second kappa shape index (κ2) is 2.43. The summed E-state index contributed by atoms with van der Waals surface area (Å²) >= 11 is 1.42. The predicted octanol–water partition coefficient (Wildman–Crippen LogP) is 0.939. The molecule has 2 aromatic rings. The highest BCUT2D eigenvalue weighted by atomic mass is 32.1. The average Bonchev–Trinajstić information content (AvgIpc) is 2.55. The van der Waals surface area contributed by atoms with Crippen LogP contribution in [-0.4, -0.2) is 19.1 Å². The van der Waals surface area contributed by atoms with Crippen molar-refractivity contribution in [2.24, 2.45) is 7.05 Å². The average molecular weight is 166 g/mol. The van der Waals surface area contributed by atoms with E-state index in [4.69, 9.17) is 0 Å². The smallest absolute Gasteiger partial charge is 0.165 e. The molecule has 0 aromatic carbocycles. The molecule has 2 heterocycles. The zero-order chi connectivity index (χ0) is 7.68. The number of aromatic nitrogens is 4. The second-order valence-electron chi connectivity index (χ2n) is 2.18. The minimum absolute atomic E-state index is 0.860. The van der Waals surface area contributed by atoms with Crippen LogP contribution in [0.15, 0.2) is 17.9 Å². The summed E-state index contributed by atoms with van der Waals surface area (Å²) in [5, 5.41) is 9.65. The monoisotopic (exact) mass is 166 g/mol. The molecule has 0 N–H and O–H groups in total. The van der Waals surface area contributed by atoms with E-state index in [9.17, 15) is 0 Å². The van der Waals surface area contributed by atoms with Gasteiger partial charge in [0.15, 0.2) is 5.82 Å². The SMILES string of the molecule is Cn1cnnc1-c1cnsc1. The highest BCUT2D eigenvalue weighted by Gasteiger charge is 2.03. The molecule has 0 aliphatic rings. The Balaban J connectivity index is 2.53. The largest absolute Gasteiger partial charge is 0.317 e. The topological polar surface area (TPSA) is 43.6 Å². The van der Waals surface area contributed by atoms with Crippen molar-refractivity contribution in [2.75, 3.05) is 0 Å². The molecule has 56 valence electrons. The van der Waals surface area contributed by atoms with E-state index < -0.39 is 0 Å². The van der Waals surface area contributed by atoms with Crippen LogP contribution in [-0.2, 0) is 7.05 Å². The van der Waals surface area contributed by atoms with Crippen LogP contribution in [0.5, 0.6) is 0 Å². The van der Waals surface area contributed by atoms with Crippen LogP contribution in [0.3, 0.4) is 0 Å². The lowest BCUT2D eigenvalue weighted by molar-refractivity contribution is 0.920. The van der Waals surface area contributed by atoms with Crippen molar-refractivity contribution in [2.45, 2.75) is 0 Å². The van der Waals surface area contributed by atoms with E-state index in [0.717, 1.165) is 11.4 Å². The molecule has 4 nitrogen and oxygen atoms in total. The van der Waals surface area contributed by atoms with Crippen LogP contribution in [0, 0.1) is 0 Å². The van der Waals surface area contributed by atoms with Crippen molar-refractivity contribution in [1.29, 1.82) is 0 Å². The van der Waals surface area contributed by atoms with E-state index in [2.05, 4.69) is 14.6 Å². The summed E-state index contributed by atoms with van der Waals surface area (Å²) in [4.78, 5) is 0. The molecular formula is C6H6N4S.